The highest BCUT2D eigenvalue weighted by atomic mass is 15.4. The minimum Gasteiger partial charge on any atom is -0.264 e. The van der Waals surface area contributed by atoms with Crippen molar-refractivity contribution in [1.82, 2.24) is 29.9 Å². The molecule has 0 amide bonds. The molecular formula is C19H16N6. The second-order valence-electron chi connectivity index (χ2n) is 5.63. The van der Waals surface area contributed by atoms with Crippen LogP contribution in [-0.2, 0) is 0 Å². The van der Waals surface area contributed by atoms with Crippen LogP contribution < -0.4 is 0 Å². The van der Waals surface area contributed by atoms with E-state index in [2.05, 4.69) is 37.4 Å². The summed E-state index contributed by atoms with van der Waals surface area (Å²) in [5.74, 6) is -0.0426. The Bertz CT molecular complexity index is 855. The average molecular weight is 328 g/mol. The maximum atomic E-state index is 4.58. The van der Waals surface area contributed by atoms with Crippen molar-refractivity contribution >= 4 is 0 Å². The summed E-state index contributed by atoms with van der Waals surface area (Å²) in [6, 6.07) is 13.8. The number of nitrogens with zero attached hydrogens (tertiary/aromatic N) is 6. The molecule has 0 bridgehead atoms. The fourth-order valence-electron chi connectivity index (χ4n) is 3.05. The highest BCUT2D eigenvalue weighted by Gasteiger charge is 2.30. The summed E-state index contributed by atoms with van der Waals surface area (Å²) in [7, 11) is 0. The Hall–Kier alpha value is -3.41. The first-order valence-electron chi connectivity index (χ1n) is 8.00. The summed E-state index contributed by atoms with van der Waals surface area (Å²) in [5.41, 5.74) is 3.05. The Morgan fingerprint density at radius 1 is 0.760 bits per heavy atom. The minimum absolute atomic E-state index is 0.0426. The summed E-state index contributed by atoms with van der Waals surface area (Å²) < 4.78 is 1.84. The van der Waals surface area contributed by atoms with Crippen molar-refractivity contribution in [2.75, 3.05) is 0 Å². The van der Waals surface area contributed by atoms with Crippen LogP contribution in [0, 0.1) is 0 Å². The van der Waals surface area contributed by atoms with Crippen molar-refractivity contribution in [1.29, 1.82) is 0 Å². The lowest BCUT2D eigenvalue weighted by atomic mass is 9.85. The molecule has 0 saturated carbocycles. The van der Waals surface area contributed by atoms with Gasteiger partial charge in [0.25, 0.3) is 0 Å². The molecule has 1 atom stereocenters. The van der Waals surface area contributed by atoms with Crippen LogP contribution in [0.1, 0.15) is 28.8 Å². The maximum absolute atomic E-state index is 4.58. The van der Waals surface area contributed by atoms with E-state index in [0.717, 1.165) is 16.8 Å². The normalized spacial score (nSPS) is 12.2. The van der Waals surface area contributed by atoms with Gasteiger partial charge in [0.2, 0.25) is 0 Å². The Morgan fingerprint density at radius 3 is 2.04 bits per heavy atom. The lowest BCUT2D eigenvalue weighted by Crippen LogP contribution is -2.22. The number of hydrogen-bond acceptors (Lipinski definition) is 5. The minimum atomic E-state index is -0.155. The van der Waals surface area contributed by atoms with Crippen LogP contribution in [0.2, 0.25) is 0 Å². The molecule has 4 rings (SSSR count). The lowest BCUT2D eigenvalue weighted by molar-refractivity contribution is 0.450. The van der Waals surface area contributed by atoms with Crippen molar-refractivity contribution in [3.8, 4) is 0 Å². The van der Waals surface area contributed by atoms with Crippen LogP contribution in [-0.4, -0.2) is 29.9 Å². The Kier molecular flexibility index (Phi) is 4.24. The third-order valence-corrected chi connectivity index (χ3v) is 4.12. The van der Waals surface area contributed by atoms with Crippen LogP contribution in [0.4, 0.5) is 0 Å². The van der Waals surface area contributed by atoms with Crippen molar-refractivity contribution in [2.24, 2.45) is 0 Å². The maximum Gasteiger partial charge on any atom is 0.107 e. The fourth-order valence-corrected chi connectivity index (χ4v) is 3.05. The van der Waals surface area contributed by atoms with Gasteiger partial charge in [-0.3, -0.25) is 15.0 Å². The van der Waals surface area contributed by atoms with Gasteiger partial charge in [-0.2, -0.15) is 0 Å². The van der Waals surface area contributed by atoms with Crippen LogP contribution in [0.25, 0.3) is 0 Å². The average Bonchev–Trinajstić information content (AvgIpc) is 3.22. The predicted molar refractivity (Wildman–Crippen MR) is 92.7 cm³/mol. The third kappa shape index (κ3) is 3.14. The van der Waals surface area contributed by atoms with Crippen molar-refractivity contribution in [2.45, 2.75) is 12.0 Å². The molecular weight excluding hydrogens is 312 g/mol. The van der Waals surface area contributed by atoms with Gasteiger partial charge in [0.05, 0.1) is 11.9 Å². The molecule has 0 fully saturated rings. The number of aromatic nitrogens is 6. The molecule has 0 aliphatic carbocycles. The highest BCUT2D eigenvalue weighted by molar-refractivity contribution is 5.34. The molecule has 6 nitrogen and oxygen atoms in total. The molecule has 0 radical (unpaired) electrons. The smallest absolute Gasteiger partial charge is 0.107 e. The second kappa shape index (κ2) is 7.00. The molecule has 25 heavy (non-hydrogen) atoms. The van der Waals surface area contributed by atoms with E-state index in [1.165, 1.54) is 0 Å². The van der Waals surface area contributed by atoms with E-state index in [9.17, 15) is 0 Å². The van der Waals surface area contributed by atoms with Gasteiger partial charge >= 0.3 is 0 Å². The van der Waals surface area contributed by atoms with E-state index < -0.39 is 0 Å². The Morgan fingerprint density at radius 2 is 1.52 bits per heavy atom. The van der Waals surface area contributed by atoms with E-state index in [0.29, 0.717) is 0 Å². The standard InChI is InChI=1S/C19H16N6/c1-2-10-22-17(7-1)19(25-12-11-23-24-25)18(15-5-3-8-20-13-15)16-6-4-9-21-14-16/h1-14,18-19H. The Balaban J connectivity index is 1.91. The molecule has 0 aliphatic rings. The highest BCUT2D eigenvalue weighted by Crippen LogP contribution is 2.37. The topological polar surface area (TPSA) is 69.4 Å². The Labute approximate surface area is 145 Å². The number of rotatable bonds is 5. The van der Waals surface area contributed by atoms with E-state index >= 15 is 0 Å². The summed E-state index contributed by atoms with van der Waals surface area (Å²) >= 11 is 0. The van der Waals surface area contributed by atoms with E-state index in [1.807, 2.05) is 53.6 Å². The molecule has 0 N–H and O–H groups in total. The molecule has 122 valence electrons. The van der Waals surface area contributed by atoms with Gasteiger partial charge in [-0.1, -0.05) is 23.4 Å². The number of hydrogen-bond donors (Lipinski definition) is 0. The summed E-state index contributed by atoms with van der Waals surface area (Å²) in [4.78, 5) is 13.2. The molecule has 4 heterocycles. The van der Waals surface area contributed by atoms with Crippen molar-refractivity contribution < 1.29 is 0 Å². The first-order valence-corrected chi connectivity index (χ1v) is 8.00. The summed E-state index contributed by atoms with van der Waals surface area (Å²) in [6.07, 6.45) is 12.6. The summed E-state index contributed by atoms with van der Waals surface area (Å²) in [5, 5.41) is 8.24. The molecule has 0 spiro atoms. The zero-order valence-corrected chi connectivity index (χ0v) is 13.4. The van der Waals surface area contributed by atoms with Gasteiger partial charge in [-0.05, 0) is 35.4 Å². The zero-order valence-electron chi connectivity index (χ0n) is 13.4. The third-order valence-electron chi connectivity index (χ3n) is 4.12. The van der Waals surface area contributed by atoms with E-state index in [4.69, 9.17) is 0 Å². The van der Waals surface area contributed by atoms with Crippen LogP contribution >= 0.6 is 0 Å². The number of pyridine rings is 3. The SMILES string of the molecule is c1ccc(C(C(c2cccnc2)c2cccnc2)n2ccnn2)nc1. The van der Waals surface area contributed by atoms with Crippen LogP contribution in [0.3, 0.4) is 0 Å². The molecule has 0 aromatic carbocycles. The fraction of sp³-hybridized carbons (Fsp3) is 0.105. The van der Waals surface area contributed by atoms with Gasteiger partial charge in [0.15, 0.2) is 0 Å². The first-order chi connectivity index (χ1) is 12.4. The van der Waals surface area contributed by atoms with Gasteiger partial charge in [-0.25, -0.2) is 4.68 Å². The molecule has 0 aliphatic heterocycles. The summed E-state index contributed by atoms with van der Waals surface area (Å²) in [6.45, 7) is 0. The van der Waals surface area contributed by atoms with Gasteiger partial charge in [0, 0.05) is 43.1 Å². The van der Waals surface area contributed by atoms with E-state index in [-0.39, 0.29) is 12.0 Å². The first kappa shape index (κ1) is 15.1. The van der Waals surface area contributed by atoms with Gasteiger partial charge in [0.1, 0.15) is 6.04 Å². The molecule has 4 aromatic heterocycles. The molecule has 4 aromatic rings. The van der Waals surface area contributed by atoms with Crippen molar-refractivity contribution in [3.05, 3.63) is 103 Å². The quantitative estimate of drug-likeness (QED) is 0.563. The van der Waals surface area contributed by atoms with Gasteiger partial charge in [-0.15, -0.1) is 5.10 Å². The van der Waals surface area contributed by atoms with Crippen molar-refractivity contribution in [3.63, 3.8) is 0 Å². The van der Waals surface area contributed by atoms with Crippen LogP contribution in [0.15, 0.2) is 85.8 Å². The van der Waals surface area contributed by atoms with E-state index in [1.54, 1.807) is 24.8 Å². The monoisotopic (exact) mass is 328 g/mol. The molecule has 1 unspecified atom stereocenters. The largest absolute Gasteiger partial charge is 0.264 e. The second-order valence-corrected chi connectivity index (χ2v) is 5.63. The van der Waals surface area contributed by atoms with Gasteiger partial charge < -0.3 is 0 Å². The zero-order chi connectivity index (χ0) is 16.9. The molecule has 6 heteroatoms. The van der Waals surface area contributed by atoms with Crippen LogP contribution in [0.5, 0.6) is 0 Å². The molecule has 0 saturated heterocycles. The lowest BCUT2D eigenvalue weighted by Gasteiger charge is -2.27. The predicted octanol–water partition coefficient (Wildman–Crippen LogP) is 2.88.